The Labute approximate surface area is 131 Å². The van der Waals surface area contributed by atoms with Crippen LogP contribution in [0.2, 0.25) is 0 Å². The van der Waals surface area contributed by atoms with Crippen molar-refractivity contribution in [2.24, 2.45) is 5.73 Å². The summed E-state index contributed by atoms with van der Waals surface area (Å²) in [6.45, 7) is 7.55. The standard InChI is InChI=1S/C17H25N3S/c1-4-16(18)17(14-7-5-9-19-11-14)20(13(2)3)12-15-8-6-10-21-15/h5-11,13,16-17H,4,12,18H2,1-3H3. The second-order valence-electron chi connectivity index (χ2n) is 5.65. The Kier molecular flexibility index (Phi) is 5.91. The Balaban J connectivity index is 2.31. The Morgan fingerprint density at radius 2 is 2.10 bits per heavy atom. The van der Waals surface area contributed by atoms with Gasteiger partial charge in [0.25, 0.3) is 0 Å². The van der Waals surface area contributed by atoms with E-state index in [0.717, 1.165) is 13.0 Å². The number of thiophene rings is 1. The molecule has 0 aliphatic heterocycles. The van der Waals surface area contributed by atoms with Gasteiger partial charge >= 0.3 is 0 Å². The highest BCUT2D eigenvalue weighted by Crippen LogP contribution is 2.29. The molecule has 2 N–H and O–H groups in total. The minimum atomic E-state index is 0.108. The molecule has 0 saturated carbocycles. The SMILES string of the molecule is CCC(N)C(c1cccnc1)N(Cc1cccs1)C(C)C. The van der Waals surface area contributed by atoms with Gasteiger partial charge in [-0.2, -0.15) is 0 Å². The summed E-state index contributed by atoms with van der Waals surface area (Å²) in [5, 5.41) is 2.13. The van der Waals surface area contributed by atoms with Gasteiger partial charge in [-0.1, -0.05) is 19.1 Å². The maximum atomic E-state index is 6.45. The first-order valence-corrected chi connectivity index (χ1v) is 8.45. The number of hydrogen-bond acceptors (Lipinski definition) is 4. The van der Waals surface area contributed by atoms with E-state index in [1.807, 2.05) is 18.5 Å². The highest BCUT2D eigenvalue weighted by molar-refractivity contribution is 7.09. The first-order valence-electron chi connectivity index (χ1n) is 7.57. The number of aromatic nitrogens is 1. The van der Waals surface area contributed by atoms with Crippen LogP contribution in [-0.4, -0.2) is 22.0 Å². The maximum Gasteiger partial charge on any atom is 0.0520 e. The first-order chi connectivity index (χ1) is 10.1. The Morgan fingerprint density at radius 3 is 2.62 bits per heavy atom. The van der Waals surface area contributed by atoms with E-state index in [9.17, 15) is 0 Å². The van der Waals surface area contributed by atoms with Crippen molar-refractivity contribution >= 4 is 11.3 Å². The molecule has 2 atom stereocenters. The lowest BCUT2D eigenvalue weighted by molar-refractivity contribution is 0.122. The van der Waals surface area contributed by atoms with Crippen LogP contribution in [0, 0.1) is 0 Å². The molecular weight excluding hydrogens is 278 g/mol. The molecule has 3 nitrogen and oxygen atoms in total. The molecule has 0 aliphatic carbocycles. The fourth-order valence-electron chi connectivity index (χ4n) is 2.64. The molecule has 0 aliphatic rings. The Hall–Kier alpha value is -1.23. The highest BCUT2D eigenvalue weighted by atomic mass is 32.1. The third-order valence-corrected chi connectivity index (χ3v) is 4.70. The van der Waals surface area contributed by atoms with Gasteiger partial charge in [0.2, 0.25) is 0 Å². The number of hydrogen-bond donors (Lipinski definition) is 1. The summed E-state index contributed by atoms with van der Waals surface area (Å²) in [5.74, 6) is 0. The van der Waals surface area contributed by atoms with E-state index < -0.39 is 0 Å². The number of rotatable bonds is 7. The average Bonchev–Trinajstić information content (AvgIpc) is 3.00. The van der Waals surface area contributed by atoms with Crippen LogP contribution in [0.3, 0.4) is 0 Å². The van der Waals surface area contributed by atoms with Crippen molar-refractivity contribution in [3.8, 4) is 0 Å². The second kappa shape index (κ2) is 7.69. The summed E-state index contributed by atoms with van der Waals surface area (Å²) in [5.41, 5.74) is 7.66. The molecule has 0 bridgehead atoms. The molecule has 2 heterocycles. The summed E-state index contributed by atoms with van der Waals surface area (Å²) >= 11 is 1.80. The maximum absolute atomic E-state index is 6.45. The molecular formula is C17H25N3S. The number of pyridine rings is 1. The predicted octanol–water partition coefficient (Wildman–Crippen LogP) is 3.83. The molecule has 0 saturated heterocycles. The summed E-state index contributed by atoms with van der Waals surface area (Å²) in [6, 6.07) is 9.16. The van der Waals surface area contributed by atoms with E-state index >= 15 is 0 Å². The highest BCUT2D eigenvalue weighted by Gasteiger charge is 2.28. The van der Waals surface area contributed by atoms with Gasteiger partial charge in [0.05, 0.1) is 6.04 Å². The van der Waals surface area contributed by atoms with Crippen LogP contribution < -0.4 is 5.73 Å². The van der Waals surface area contributed by atoms with E-state index in [1.54, 1.807) is 11.3 Å². The van der Waals surface area contributed by atoms with Gasteiger partial charge in [-0.15, -0.1) is 11.3 Å². The van der Waals surface area contributed by atoms with Crippen LogP contribution in [0.1, 0.15) is 43.7 Å². The van der Waals surface area contributed by atoms with Crippen LogP contribution in [0.5, 0.6) is 0 Å². The fourth-order valence-corrected chi connectivity index (χ4v) is 3.36. The molecule has 2 unspecified atom stereocenters. The molecule has 0 spiro atoms. The zero-order chi connectivity index (χ0) is 15.2. The van der Waals surface area contributed by atoms with Crippen LogP contribution in [0.25, 0.3) is 0 Å². The molecule has 2 rings (SSSR count). The molecule has 0 aromatic carbocycles. The van der Waals surface area contributed by atoms with Crippen molar-refractivity contribution < 1.29 is 0 Å². The van der Waals surface area contributed by atoms with Crippen LogP contribution in [-0.2, 0) is 6.54 Å². The Morgan fingerprint density at radius 1 is 1.29 bits per heavy atom. The third kappa shape index (κ3) is 4.13. The van der Waals surface area contributed by atoms with E-state index in [2.05, 4.69) is 54.2 Å². The van der Waals surface area contributed by atoms with Gasteiger partial charge in [0.1, 0.15) is 0 Å². The van der Waals surface area contributed by atoms with Gasteiger partial charge in [-0.05, 0) is 43.3 Å². The minimum absolute atomic E-state index is 0.108. The third-order valence-electron chi connectivity index (χ3n) is 3.84. The molecule has 2 aromatic heterocycles. The molecule has 0 radical (unpaired) electrons. The van der Waals surface area contributed by atoms with Crippen molar-refractivity contribution in [1.82, 2.24) is 9.88 Å². The van der Waals surface area contributed by atoms with Gasteiger partial charge in [-0.25, -0.2) is 0 Å². The first kappa shape index (κ1) is 16.1. The van der Waals surface area contributed by atoms with Crippen LogP contribution in [0.4, 0.5) is 0 Å². The molecule has 114 valence electrons. The lowest BCUT2D eigenvalue weighted by atomic mass is 9.96. The average molecular weight is 303 g/mol. The summed E-state index contributed by atoms with van der Waals surface area (Å²) in [7, 11) is 0. The lowest BCUT2D eigenvalue weighted by Crippen LogP contribution is -2.43. The lowest BCUT2D eigenvalue weighted by Gasteiger charge is -2.38. The minimum Gasteiger partial charge on any atom is -0.326 e. The van der Waals surface area contributed by atoms with Crippen molar-refractivity contribution in [2.45, 2.75) is 51.9 Å². The van der Waals surface area contributed by atoms with Crippen molar-refractivity contribution in [3.05, 3.63) is 52.5 Å². The fraction of sp³-hybridized carbons (Fsp3) is 0.471. The zero-order valence-electron chi connectivity index (χ0n) is 13.1. The van der Waals surface area contributed by atoms with Gasteiger partial charge in [0, 0.05) is 35.9 Å². The largest absolute Gasteiger partial charge is 0.326 e. The molecule has 0 amide bonds. The molecule has 21 heavy (non-hydrogen) atoms. The zero-order valence-corrected chi connectivity index (χ0v) is 13.9. The number of nitrogens with zero attached hydrogens (tertiary/aromatic N) is 2. The van der Waals surface area contributed by atoms with Crippen molar-refractivity contribution in [2.75, 3.05) is 0 Å². The van der Waals surface area contributed by atoms with Gasteiger partial charge in [0.15, 0.2) is 0 Å². The predicted molar refractivity (Wildman–Crippen MR) is 90.2 cm³/mol. The number of nitrogens with two attached hydrogens (primary N) is 1. The van der Waals surface area contributed by atoms with Crippen molar-refractivity contribution in [1.29, 1.82) is 0 Å². The van der Waals surface area contributed by atoms with Crippen LogP contribution in [0.15, 0.2) is 42.0 Å². The summed E-state index contributed by atoms with van der Waals surface area (Å²) in [6.07, 6.45) is 4.72. The second-order valence-corrected chi connectivity index (χ2v) is 6.68. The van der Waals surface area contributed by atoms with Crippen molar-refractivity contribution in [3.63, 3.8) is 0 Å². The topological polar surface area (TPSA) is 42.1 Å². The quantitative estimate of drug-likeness (QED) is 0.845. The van der Waals surface area contributed by atoms with Gasteiger partial charge in [-0.3, -0.25) is 9.88 Å². The normalized spacial score (nSPS) is 14.6. The van der Waals surface area contributed by atoms with E-state index in [-0.39, 0.29) is 12.1 Å². The van der Waals surface area contributed by atoms with Crippen LogP contribution >= 0.6 is 11.3 Å². The Bertz CT molecular complexity index is 510. The molecule has 2 aromatic rings. The summed E-state index contributed by atoms with van der Waals surface area (Å²) in [4.78, 5) is 8.14. The van der Waals surface area contributed by atoms with E-state index in [1.165, 1.54) is 10.4 Å². The molecule has 4 heteroatoms. The van der Waals surface area contributed by atoms with Gasteiger partial charge < -0.3 is 5.73 Å². The van der Waals surface area contributed by atoms with E-state index in [4.69, 9.17) is 5.73 Å². The molecule has 0 fully saturated rings. The smallest absolute Gasteiger partial charge is 0.0520 e. The van der Waals surface area contributed by atoms with E-state index in [0.29, 0.717) is 6.04 Å². The monoisotopic (exact) mass is 303 g/mol. The summed E-state index contributed by atoms with van der Waals surface area (Å²) < 4.78 is 0.